The number of hydrogen-bond donors (Lipinski definition) is 3. The fourth-order valence-electron chi connectivity index (χ4n) is 2.42. The summed E-state index contributed by atoms with van der Waals surface area (Å²) in [6.07, 6.45) is 3.60. The normalized spacial score (nSPS) is 25.1. The van der Waals surface area contributed by atoms with Gasteiger partial charge in [-0.3, -0.25) is 5.32 Å². The molecule has 1 amide bonds. The summed E-state index contributed by atoms with van der Waals surface area (Å²) in [5.41, 5.74) is 5.85. The second-order valence-corrected chi connectivity index (χ2v) is 6.47. The molecule has 7 nitrogen and oxygen atoms in total. The van der Waals surface area contributed by atoms with Gasteiger partial charge in [0.1, 0.15) is 5.60 Å². The van der Waals surface area contributed by atoms with Crippen LogP contribution < -0.4 is 11.1 Å². The number of aliphatic hydroxyl groups excluding tert-OH is 1. The molecule has 0 atom stereocenters. The van der Waals surface area contributed by atoms with Gasteiger partial charge in [0.15, 0.2) is 0 Å². The summed E-state index contributed by atoms with van der Waals surface area (Å²) in [6, 6.07) is 0. The molecule has 1 aromatic heterocycles. The molecule has 2 rings (SSSR count). The van der Waals surface area contributed by atoms with Gasteiger partial charge in [0.2, 0.25) is 5.95 Å². The van der Waals surface area contributed by atoms with E-state index in [1.165, 1.54) is 0 Å². The van der Waals surface area contributed by atoms with E-state index in [4.69, 9.17) is 10.5 Å². The van der Waals surface area contributed by atoms with Crippen LogP contribution in [0.1, 0.15) is 39.2 Å². The van der Waals surface area contributed by atoms with Crippen LogP contribution in [0.5, 0.6) is 0 Å². The van der Waals surface area contributed by atoms with Gasteiger partial charge in [-0.1, -0.05) is 0 Å². The molecule has 1 aromatic rings. The van der Waals surface area contributed by atoms with Gasteiger partial charge in [0.25, 0.3) is 0 Å². The third kappa shape index (κ3) is 3.68. The summed E-state index contributed by atoms with van der Waals surface area (Å²) in [5, 5.41) is 12.0. The Balaban J connectivity index is 2.01. The number of rotatable bonds is 3. The molecule has 4 N–H and O–H groups in total. The average Bonchev–Trinajstić information content (AvgIpc) is 2.33. The van der Waals surface area contributed by atoms with Crippen molar-refractivity contribution < 1.29 is 14.6 Å². The van der Waals surface area contributed by atoms with Crippen LogP contribution in [0.15, 0.2) is 12.4 Å². The molecule has 116 valence electrons. The number of aromatic nitrogens is 2. The standard InChI is InChI=1S/C14H22N4O3/c1-13(2,3)21-12(20)18-11-16-6-9(7-17-11)14(8-15)4-10(19)5-14/h6-7,10,19H,4-5,8,15H2,1-3H3,(H,16,17,18,20). The van der Waals surface area contributed by atoms with Crippen molar-refractivity contribution in [3.05, 3.63) is 18.0 Å². The van der Waals surface area contributed by atoms with E-state index in [-0.39, 0.29) is 17.5 Å². The molecule has 1 aliphatic rings. The van der Waals surface area contributed by atoms with Crippen LogP contribution in [0.25, 0.3) is 0 Å². The minimum absolute atomic E-state index is 0.181. The molecule has 0 aliphatic heterocycles. The van der Waals surface area contributed by atoms with Crippen molar-refractivity contribution in [3.63, 3.8) is 0 Å². The second kappa shape index (κ2) is 5.57. The highest BCUT2D eigenvalue weighted by molar-refractivity contribution is 5.82. The zero-order chi connectivity index (χ0) is 15.7. The van der Waals surface area contributed by atoms with Gasteiger partial charge in [-0.25, -0.2) is 14.8 Å². The molecule has 0 spiro atoms. The number of carbonyl (C=O) groups is 1. The Morgan fingerprint density at radius 1 is 1.48 bits per heavy atom. The van der Waals surface area contributed by atoms with E-state index in [9.17, 15) is 9.90 Å². The maximum absolute atomic E-state index is 11.6. The molecule has 0 bridgehead atoms. The van der Waals surface area contributed by atoms with E-state index in [1.807, 2.05) is 0 Å². The smallest absolute Gasteiger partial charge is 0.414 e. The topological polar surface area (TPSA) is 110 Å². The highest BCUT2D eigenvalue weighted by atomic mass is 16.6. The lowest BCUT2D eigenvalue weighted by Crippen LogP contribution is -2.49. The van der Waals surface area contributed by atoms with E-state index in [1.54, 1.807) is 33.2 Å². The van der Waals surface area contributed by atoms with Gasteiger partial charge >= 0.3 is 6.09 Å². The Bertz CT molecular complexity index is 504. The maximum Gasteiger partial charge on any atom is 0.414 e. The molecule has 7 heteroatoms. The predicted molar refractivity (Wildman–Crippen MR) is 77.9 cm³/mol. The quantitative estimate of drug-likeness (QED) is 0.772. The van der Waals surface area contributed by atoms with Crippen molar-refractivity contribution in [3.8, 4) is 0 Å². The first-order chi connectivity index (χ1) is 9.74. The average molecular weight is 294 g/mol. The van der Waals surface area contributed by atoms with Crippen LogP contribution in [0.3, 0.4) is 0 Å². The number of anilines is 1. The number of hydrogen-bond acceptors (Lipinski definition) is 6. The lowest BCUT2D eigenvalue weighted by molar-refractivity contribution is 0.0218. The number of nitrogens with one attached hydrogen (secondary N) is 1. The summed E-state index contributed by atoms with van der Waals surface area (Å²) in [7, 11) is 0. The third-order valence-electron chi connectivity index (χ3n) is 3.52. The van der Waals surface area contributed by atoms with Crippen LogP contribution in [0.4, 0.5) is 10.7 Å². The summed E-state index contributed by atoms with van der Waals surface area (Å²) in [6.45, 7) is 5.78. The monoisotopic (exact) mass is 294 g/mol. The summed E-state index contributed by atoms with van der Waals surface area (Å²) in [4.78, 5) is 19.8. The lowest BCUT2D eigenvalue weighted by atomic mass is 9.63. The molecule has 1 aliphatic carbocycles. The summed E-state index contributed by atoms with van der Waals surface area (Å²) in [5.74, 6) is 0.181. The molecular formula is C14H22N4O3. The first-order valence-electron chi connectivity index (χ1n) is 6.95. The van der Waals surface area contributed by atoms with Crippen molar-refractivity contribution in [2.24, 2.45) is 5.73 Å². The first-order valence-corrected chi connectivity index (χ1v) is 6.95. The van der Waals surface area contributed by atoms with E-state index >= 15 is 0 Å². The van der Waals surface area contributed by atoms with Crippen LogP contribution >= 0.6 is 0 Å². The minimum Gasteiger partial charge on any atom is -0.444 e. The molecule has 0 radical (unpaired) electrons. The fourth-order valence-corrected chi connectivity index (χ4v) is 2.42. The van der Waals surface area contributed by atoms with Gasteiger partial charge in [0, 0.05) is 24.4 Å². The highest BCUT2D eigenvalue weighted by Gasteiger charge is 2.44. The molecule has 1 fully saturated rings. The summed E-state index contributed by atoms with van der Waals surface area (Å²) >= 11 is 0. The van der Waals surface area contributed by atoms with Crippen molar-refractivity contribution in [1.82, 2.24) is 9.97 Å². The maximum atomic E-state index is 11.6. The lowest BCUT2D eigenvalue weighted by Gasteiger charge is -2.44. The molecule has 0 unspecified atom stereocenters. The Kier molecular flexibility index (Phi) is 4.15. The fraction of sp³-hybridized carbons (Fsp3) is 0.643. The van der Waals surface area contributed by atoms with Crippen LogP contribution in [0, 0.1) is 0 Å². The van der Waals surface area contributed by atoms with Crippen molar-refractivity contribution >= 4 is 12.0 Å². The van der Waals surface area contributed by atoms with E-state index in [0.29, 0.717) is 19.4 Å². The number of aliphatic hydroxyl groups is 1. The van der Waals surface area contributed by atoms with Gasteiger partial charge in [0.05, 0.1) is 6.10 Å². The zero-order valence-corrected chi connectivity index (χ0v) is 12.6. The van der Waals surface area contributed by atoms with Crippen molar-refractivity contribution in [2.75, 3.05) is 11.9 Å². The molecule has 0 aromatic carbocycles. The van der Waals surface area contributed by atoms with Crippen molar-refractivity contribution in [1.29, 1.82) is 0 Å². The molecular weight excluding hydrogens is 272 g/mol. The SMILES string of the molecule is CC(C)(C)OC(=O)Nc1ncc(C2(CN)CC(O)C2)cn1. The van der Waals surface area contributed by atoms with Gasteiger partial charge < -0.3 is 15.6 Å². The Morgan fingerprint density at radius 2 is 2.05 bits per heavy atom. The van der Waals surface area contributed by atoms with Crippen LogP contribution in [-0.2, 0) is 10.2 Å². The minimum atomic E-state index is -0.595. The number of nitrogens with zero attached hydrogens (tertiary/aromatic N) is 2. The van der Waals surface area contributed by atoms with E-state index < -0.39 is 11.7 Å². The Morgan fingerprint density at radius 3 is 2.48 bits per heavy atom. The van der Waals surface area contributed by atoms with E-state index in [2.05, 4.69) is 15.3 Å². The van der Waals surface area contributed by atoms with E-state index in [0.717, 1.165) is 5.56 Å². The van der Waals surface area contributed by atoms with Gasteiger partial charge in [-0.05, 0) is 39.2 Å². The molecule has 0 saturated heterocycles. The van der Waals surface area contributed by atoms with Gasteiger partial charge in [-0.2, -0.15) is 0 Å². The number of amides is 1. The van der Waals surface area contributed by atoms with Crippen molar-refractivity contribution in [2.45, 2.75) is 50.7 Å². The predicted octanol–water partition coefficient (Wildman–Crippen LogP) is 1.17. The first kappa shape index (κ1) is 15.7. The molecule has 1 heterocycles. The van der Waals surface area contributed by atoms with Gasteiger partial charge in [-0.15, -0.1) is 0 Å². The Labute approximate surface area is 123 Å². The number of carbonyl (C=O) groups excluding carboxylic acids is 1. The number of ether oxygens (including phenoxy) is 1. The second-order valence-electron chi connectivity index (χ2n) is 6.47. The van der Waals surface area contributed by atoms with Crippen LogP contribution in [0.2, 0.25) is 0 Å². The molecule has 1 saturated carbocycles. The molecule has 21 heavy (non-hydrogen) atoms. The Hall–Kier alpha value is -1.73. The summed E-state index contributed by atoms with van der Waals surface area (Å²) < 4.78 is 5.12. The third-order valence-corrected chi connectivity index (χ3v) is 3.52. The number of nitrogens with two attached hydrogens (primary N) is 1. The zero-order valence-electron chi connectivity index (χ0n) is 12.6. The highest BCUT2D eigenvalue weighted by Crippen LogP contribution is 2.42. The largest absolute Gasteiger partial charge is 0.444 e. The van der Waals surface area contributed by atoms with Crippen LogP contribution in [-0.4, -0.2) is 39.4 Å².